The second kappa shape index (κ2) is 4.52. The van der Waals surface area contributed by atoms with Crippen LogP contribution in [-0.4, -0.2) is 0 Å². The van der Waals surface area contributed by atoms with Gasteiger partial charge >= 0.3 is 0 Å². The lowest BCUT2D eigenvalue weighted by atomic mass is 10.0. The van der Waals surface area contributed by atoms with Crippen molar-refractivity contribution in [1.82, 2.24) is 0 Å². The summed E-state index contributed by atoms with van der Waals surface area (Å²) in [6.45, 7) is 0. The second-order valence-corrected chi connectivity index (χ2v) is 3.25. The van der Waals surface area contributed by atoms with Gasteiger partial charge in [0.05, 0.1) is 5.92 Å². The Morgan fingerprint density at radius 1 is 1.20 bits per heavy atom. The molecule has 0 N–H and O–H groups in total. The van der Waals surface area contributed by atoms with E-state index in [1.165, 1.54) is 0 Å². The molecule has 0 saturated carbocycles. The second-order valence-electron chi connectivity index (χ2n) is 3.25. The van der Waals surface area contributed by atoms with Crippen molar-refractivity contribution in [1.29, 1.82) is 0 Å². The van der Waals surface area contributed by atoms with Crippen molar-refractivity contribution < 1.29 is 4.74 Å². The van der Waals surface area contributed by atoms with Crippen molar-refractivity contribution in [2.45, 2.75) is 6.42 Å². The van der Waals surface area contributed by atoms with E-state index in [4.69, 9.17) is 11.2 Å². The first kappa shape index (κ1) is 9.61. The van der Waals surface area contributed by atoms with E-state index in [1.54, 1.807) is 0 Å². The molecule has 0 heterocycles. The molecule has 0 aromatic heterocycles. The summed E-state index contributed by atoms with van der Waals surface area (Å²) in [5.74, 6) is 5.31. The maximum absolute atomic E-state index is 5.68. The van der Waals surface area contributed by atoms with E-state index in [0.29, 0.717) is 6.42 Å². The molecule has 0 aliphatic heterocycles. The molecule has 0 fully saturated rings. The van der Waals surface area contributed by atoms with E-state index >= 15 is 0 Å². The summed E-state index contributed by atoms with van der Waals surface area (Å²) in [5.41, 5.74) is 0. The molecule has 0 spiro atoms. The van der Waals surface area contributed by atoms with E-state index in [2.05, 4.69) is 5.92 Å². The zero-order valence-corrected chi connectivity index (χ0v) is 8.31. The number of hydrogen-bond donors (Lipinski definition) is 0. The minimum atomic E-state index is 0.696. The van der Waals surface area contributed by atoms with Crippen molar-refractivity contribution in [3.63, 3.8) is 0 Å². The Kier molecular flexibility index (Phi) is 2.90. The first-order valence-electron chi connectivity index (χ1n) is 4.81. The van der Waals surface area contributed by atoms with Crippen LogP contribution in [-0.2, 0) is 0 Å². The third-order valence-electron chi connectivity index (χ3n) is 2.12. The summed E-state index contributed by atoms with van der Waals surface area (Å²) in [6, 6.07) is 9.70. The zero-order chi connectivity index (χ0) is 10.5. The molecule has 0 saturated heterocycles. The molecule has 1 aromatic rings. The highest BCUT2D eigenvalue weighted by molar-refractivity contribution is 5.38. The first-order chi connectivity index (χ1) is 7.38. The maximum Gasteiger partial charge on any atom is 0.126 e. The third kappa shape index (κ3) is 2.51. The van der Waals surface area contributed by atoms with Gasteiger partial charge in [-0.15, -0.1) is 6.42 Å². The number of hydrogen-bond acceptors (Lipinski definition) is 1. The third-order valence-corrected chi connectivity index (χ3v) is 2.12. The zero-order valence-electron chi connectivity index (χ0n) is 8.31. The van der Waals surface area contributed by atoms with Crippen molar-refractivity contribution in [2.24, 2.45) is 0 Å². The van der Waals surface area contributed by atoms with Gasteiger partial charge in [0.15, 0.2) is 0 Å². The fourth-order valence-corrected chi connectivity index (χ4v) is 1.39. The molecular formula is C14H11O. The summed E-state index contributed by atoms with van der Waals surface area (Å²) in [7, 11) is 0. The van der Waals surface area contributed by atoms with Crippen molar-refractivity contribution in [3.8, 4) is 18.1 Å². The summed E-state index contributed by atoms with van der Waals surface area (Å²) < 4.78 is 5.68. The summed E-state index contributed by atoms with van der Waals surface area (Å²) >= 11 is 0. The quantitative estimate of drug-likeness (QED) is 0.659. The Bertz CT molecular complexity index is 420. The number of terminal acetylenes is 1. The van der Waals surface area contributed by atoms with Crippen molar-refractivity contribution in [2.75, 3.05) is 0 Å². The van der Waals surface area contributed by atoms with Gasteiger partial charge in [0.25, 0.3) is 0 Å². The lowest BCUT2D eigenvalue weighted by molar-refractivity contribution is 0.409. The van der Waals surface area contributed by atoms with E-state index in [0.717, 1.165) is 17.4 Å². The predicted octanol–water partition coefficient (Wildman–Crippen LogP) is 3.12. The van der Waals surface area contributed by atoms with Gasteiger partial charge in [0, 0.05) is 6.42 Å². The number of rotatable bonds is 2. The van der Waals surface area contributed by atoms with Crippen LogP contribution >= 0.6 is 0 Å². The molecule has 2 rings (SSSR count). The van der Waals surface area contributed by atoms with Crippen LogP contribution in [0.15, 0.2) is 54.3 Å². The highest BCUT2D eigenvalue weighted by Gasteiger charge is 2.10. The van der Waals surface area contributed by atoms with Gasteiger partial charge in [-0.25, -0.2) is 0 Å². The highest BCUT2D eigenvalue weighted by atomic mass is 16.5. The van der Waals surface area contributed by atoms with Crippen LogP contribution in [0.4, 0.5) is 0 Å². The van der Waals surface area contributed by atoms with Gasteiger partial charge in [-0.05, 0) is 18.2 Å². The molecule has 0 bridgehead atoms. The van der Waals surface area contributed by atoms with Crippen LogP contribution in [0.5, 0.6) is 5.75 Å². The molecule has 15 heavy (non-hydrogen) atoms. The Morgan fingerprint density at radius 2 is 2.00 bits per heavy atom. The van der Waals surface area contributed by atoms with Gasteiger partial charge in [0.2, 0.25) is 0 Å². The summed E-state index contributed by atoms with van der Waals surface area (Å²) in [4.78, 5) is 0. The molecule has 1 nitrogen and oxygen atoms in total. The van der Waals surface area contributed by atoms with E-state index in [-0.39, 0.29) is 0 Å². The van der Waals surface area contributed by atoms with Crippen LogP contribution in [0.25, 0.3) is 0 Å². The van der Waals surface area contributed by atoms with Gasteiger partial charge in [0.1, 0.15) is 11.5 Å². The summed E-state index contributed by atoms with van der Waals surface area (Å²) in [5, 5.41) is 0. The smallest absolute Gasteiger partial charge is 0.126 e. The van der Waals surface area contributed by atoms with Crippen LogP contribution in [0, 0.1) is 18.3 Å². The Balaban J connectivity index is 2.05. The van der Waals surface area contributed by atoms with Gasteiger partial charge < -0.3 is 4.74 Å². The molecule has 1 aromatic carbocycles. The maximum atomic E-state index is 5.68. The standard InChI is InChI=1S/C14H11O/c1-2-12-7-6-10-14(11-12)15-13-8-4-3-5-9-13/h1,3-10H,11H2. The lowest BCUT2D eigenvalue weighted by Gasteiger charge is -2.14. The van der Waals surface area contributed by atoms with Crippen LogP contribution in [0.1, 0.15) is 6.42 Å². The Morgan fingerprint density at radius 3 is 2.73 bits per heavy atom. The van der Waals surface area contributed by atoms with E-state index < -0.39 is 0 Å². The average Bonchev–Trinajstić information content (AvgIpc) is 2.31. The molecular weight excluding hydrogens is 184 g/mol. The fraction of sp³-hybridized carbons (Fsp3) is 0.0714. The predicted molar refractivity (Wildman–Crippen MR) is 61.0 cm³/mol. The monoisotopic (exact) mass is 195 g/mol. The SMILES string of the molecule is C#C[C]1C=CC=C(Oc2ccccc2)C1. The molecule has 1 aliphatic carbocycles. The minimum Gasteiger partial charge on any atom is -0.462 e. The normalized spacial score (nSPS) is 15.5. The molecule has 0 unspecified atom stereocenters. The molecule has 1 heteroatoms. The van der Waals surface area contributed by atoms with Gasteiger partial charge in [-0.1, -0.05) is 36.3 Å². The lowest BCUT2D eigenvalue weighted by Crippen LogP contribution is -2.03. The number of para-hydroxylation sites is 1. The van der Waals surface area contributed by atoms with Crippen LogP contribution < -0.4 is 4.74 Å². The minimum absolute atomic E-state index is 0.696. The highest BCUT2D eigenvalue weighted by Crippen LogP contribution is 2.22. The van der Waals surface area contributed by atoms with Gasteiger partial charge in [-0.3, -0.25) is 0 Å². The molecule has 1 radical (unpaired) electrons. The molecule has 0 atom stereocenters. The number of allylic oxidation sites excluding steroid dienone is 4. The first-order valence-corrected chi connectivity index (χ1v) is 4.81. The Labute approximate surface area is 90.1 Å². The molecule has 73 valence electrons. The Hall–Kier alpha value is -1.94. The fourth-order valence-electron chi connectivity index (χ4n) is 1.39. The number of ether oxygens (including phenoxy) is 1. The van der Waals surface area contributed by atoms with Gasteiger partial charge in [-0.2, -0.15) is 0 Å². The topological polar surface area (TPSA) is 9.23 Å². The summed E-state index contributed by atoms with van der Waals surface area (Å²) in [6.07, 6.45) is 11.8. The van der Waals surface area contributed by atoms with Crippen molar-refractivity contribution in [3.05, 3.63) is 60.2 Å². The largest absolute Gasteiger partial charge is 0.462 e. The van der Waals surface area contributed by atoms with E-state index in [1.807, 2.05) is 48.6 Å². The van der Waals surface area contributed by atoms with Crippen LogP contribution in [0.3, 0.4) is 0 Å². The molecule has 1 aliphatic rings. The van der Waals surface area contributed by atoms with Crippen molar-refractivity contribution >= 4 is 0 Å². The van der Waals surface area contributed by atoms with E-state index in [9.17, 15) is 0 Å². The molecule has 0 amide bonds. The van der Waals surface area contributed by atoms with Crippen LogP contribution in [0.2, 0.25) is 0 Å². The average molecular weight is 195 g/mol. The number of benzene rings is 1.